The molecule has 0 bridgehead atoms. The summed E-state index contributed by atoms with van der Waals surface area (Å²) in [6.45, 7) is 9.55. The van der Waals surface area contributed by atoms with Crippen molar-refractivity contribution < 1.29 is 80.2 Å². The second-order valence-corrected chi connectivity index (χ2v) is 30.5. The van der Waals surface area contributed by atoms with Crippen molar-refractivity contribution in [3.05, 3.63) is 0 Å². The Morgan fingerprint density at radius 2 is 0.495 bits per heavy atom. The molecular weight excluding hydrogens is 1220 g/mol. The van der Waals surface area contributed by atoms with Gasteiger partial charge in [0.2, 0.25) is 0 Å². The first kappa shape index (κ1) is 91.1. The van der Waals surface area contributed by atoms with Crippen LogP contribution in [0.1, 0.15) is 382 Å². The molecule has 0 aromatic heterocycles. The Morgan fingerprint density at radius 3 is 0.731 bits per heavy atom. The molecule has 5 atom stereocenters. The Hall–Kier alpha value is -1.94. The minimum atomic E-state index is -4.96. The van der Waals surface area contributed by atoms with Gasteiger partial charge in [-0.3, -0.25) is 37.3 Å². The SMILES string of the molecule is CCCCCCCCCCCCCCCCCCC(=O)OC[C@H](COP(=O)(O)OC[C@@H](O)COP(=O)(O)OC[C@@H](COC(=O)CCCCCCCCCCCC)OC(=O)CCCCCCCCCCC(C)C)OC(=O)CCCCCCCCCCCCCCCC(C)C. The molecule has 0 saturated carbocycles. The van der Waals surface area contributed by atoms with Crippen LogP contribution in [0.3, 0.4) is 0 Å². The minimum absolute atomic E-state index is 0.105. The van der Waals surface area contributed by atoms with Gasteiger partial charge in [-0.2, -0.15) is 0 Å². The smallest absolute Gasteiger partial charge is 0.462 e. The molecule has 2 unspecified atom stereocenters. The molecule has 17 nitrogen and oxygen atoms in total. The zero-order valence-corrected chi connectivity index (χ0v) is 62.3. The van der Waals surface area contributed by atoms with E-state index in [2.05, 4.69) is 41.5 Å². The standard InChI is InChI=1S/C74H144O17P2/c1-7-9-11-13-15-17-19-20-21-22-25-28-32-39-45-51-57-72(77)85-62-69(90-73(78)58-52-46-40-33-29-26-23-24-27-30-36-42-48-54-66(3)4)64-88-92(80,81)86-60-68(75)61-87-93(82,83)89-65-70(63-84-71(76)56-50-44-38-31-18-16-14-12-10-8-2)91-74(79)59-53-47-41-35-34-37-43-49-55-67(5)6/h66-70,75H,7-65H2,1-6H3,(H,80,81)(H,82,83)/t68-,69-,70-/m1/s1. The van der Waals surface area contributed by atoms with Gasteiger partial charge in [-0.25, -0.2) is 9.13 Å². The zero-order valence-electron chi connectivity index (χ0n) is 60.6. The fourth-order valence-corrected chi connectivity index (χ4v) is 12.9. The number of unbranched alkanes of at least 4 members (excludes halogenated alkanes) is 43. The first-order valence-corrected chi connectivity index (χ1v) is 41.5. The second kappa shape index (κ2) is 66.0. The van der Waals surface area contributed by atoms with Gasteiger partial charge < -0.3 is 33.8 Å². The molecule has 0 amide bonds. The molecular formula is C74H144O17P2. The molecule has 0 rings (SSSR count). The predicted molar refractivity (Wildman–Crippen MR) is 377 cm³/mol. The highest BCUT2D eigenvalue weighted by Gasteiger charge is 2.30. The first-order valence-electron chi connectivity index (χ1n) is 38.5. The molecule has 0 radical (unpaired) electrons. The van der Waals surface area contributed by atoms with E-state index in [1.54, 1.807) is 0 Å². The summed E-state index contributed by atoms with van der Waals surface area (Å²) in [7, 11) is -9.91. The van der Waals surface area contributed by atoms with Crippen LogP contribution in [0.15, 0.2) is 0 Å². The number of aliphatic hydroxyl groups excluding tert-OH is 1. The maximum absolute atomic E-state index is 13.1. The predicted octanol–water partition coefficient (Wildman–Crippen LogP) is 21.6. The van der Waals surface area contributed by atoms with Crippen molar-refractivity contribution in [2.75, 3.05) is 39.6 Å². The average Bonchev–Trinajstić information content (AvgIpc) is 1.89. The molecule has 0 aliphatic carbocycles. The maximum atomic E-state index is 13.1. The summed E-state index contributed by atoms with van der Waals surface area (Å²) < 4.78 is 68.4. The number of hydrogen-bond donors (Lipinski definition) is 3. The van der Waals surface area contributed by atoms with Crippen LogP contribution in [0.25, 0.3) is 0 Å². The molecule has 0 aliphatic heterocycles. The van der Waals surface area contributed by atoms with Crippen molar-refractivity contribution in [3.8, 4) is 0 Å². The van der Waals surface area contributed by atoms with E-state index in [1.807, 2.05) is 0 Å². The second-order valence-electron chi connectivity index (χ2n) is 27.6. The lowest BCUT2D eigenvalue weighted by atomic mass is 10.0. The highest BCUT2D eigenvalue weighted by molar-refractivity contribution is 7.47. The summed E-state index contributed by atoms with van der Waals surface area (Å²) >= 11 is 0. The third-order valence-electron chi connectivity index (χ3n) is 17.2. The quantitative estimate of drug-likeness (QED) is 0.0222. The van der Waals surface area contributed by atoms with Crippen molar-refractivity contribution in [2.24, 2.45) is 11.8 Å². The molecule has 0 aromatic carbocycles. The van der Waals surface area contributed by atoms with Gasteiger partial charge in [0.05, 0.1) is 26.4 Å². The summed E-state index contributed by atoms with van der Waals surface area (Å²) in [5, 5.41) is 10.6. The van der Waals surface area contributed by atoms with Crippen molar-refractivity contribution in [1.29, 1.82) is 0 Å². The zero-order chi connectivity index (χ0) is 68.6. The van der Waals surface area contributed by atoms with Crippen LogP contribution < -0.4 is 0 Å². The molecule has 0 aliphatic rings. The van der Waals surface area contributed by atoms with E-state index in [4.69, 9.17) is 37.0 Å². The van der Waals surface area contributed by atoms with E-state index in [-0.39, 0.29) is 25.7 Å². The fraction of sp³-hybridized carbons (Fsp3) is 0.946. The first-order chi connectivity index (χ1) is 44.9. The van der Waals surface area contributed by atoms with E-state index in [9.17, 15) is 43.2 Å². The molecule has 93 heavy (non-hydrogen) atoms. The van der Waals surface area contributed by atoms with Gasteiger partial charge in [0.15, 0.2) is 12.2 Å². The molecule has 0 spiro atoms. The highest BCUT2D eigenvalue weighted by atomic mass is 31.2. The highest BCUT2D eigenvalue weighted by Crippen LogP contribution is 2.45. The lowest BCUT2D eigenvalue weighted by Gasteiger charge is -2.21. The van der Waals surface area contributed by atoms with E-state index in [1.165, 1.54) is 199 Å². The monoisotopic (exact) mass is 1370 g/mol. The van der Waals surface area contributed by atoms with Crippen molar-refractivity contribution >= 4 is 39.5 Å². The third-order valence-corrected chi connectivity index (χ3v) is 19.1. The van der Waals surface area contributed by atoms with Crippen LogP contribution in [0.2, 0.25) is 0 Å². The van der Waals surface area contributed by atoms with Gasteiger partial charge in [0.25, 0.3) is 0 Å². The summed E-state index contributed by atoms with van der Waals surface area (Å²) in [5.41, 5.74) is 0. The summed E-state index contributed by atoms with van der Waals surface area (Å²) in [5.74, 6) is -0.614. The molecule has 19 heteroatoms. The van der Waals surface area contributed by atoms with Crippen LogP contribution in [0, 0.1) is 11.8 Å². The Bertz CT molecular complexity index is 1800. The number of rotatable bonds is 73. The Morgan fingerprint density at radius 1 is 0.290 bits per heavy atom. The maximum Gasteiger partial charge on any atom is 0.472 e. The minimum Gasteiger partial charge on any atom is -0.462 e. The topological polar surface area (TPSA) is 237 Å². The summed E-state index contributed by atoms with van der Waals surface area (Å²) in [6, 6.07) is 0. The molecule has 552 valence electrons. The van der Waals surface area contributed by atoms with E-state index in [0.29, 0.717) is 25.7 Å². The number of ether oxygens (including phenoxy) is 4. The molecule has 0 saturated heterocycles. The van der Waals surface area contributed by atoms with Crippen LogP contribution >= 0.6 is 15.6 Å². The Kier molecular flexibility index (Phi) is 64.6. The van der Waals surface area contributed by atoms with Crippen molar-refractivity contribution in [2.45, 2.75) is 400 Å². The number of carbonyl (C=O) groups is 4. The largest absolute Gasteiger partial charge is 0.472 e. The van der Waals surface area contributed by atoms with Crippen LogP contribution in [0.5, 0.6) is 0 Å². The van der Waals surface area contributed by atoms with Gasteiger partial charge in [-0.05, 0) is 37.5 Å². The van der Waals surface area contributed by atoms with Crippen LogP contribution in [-0.2, 0) is 65.4 Å². The molecule has 3 N–H and O–H groups in total. The number of esters is 4. The number of hydrogen-bond acceptors (Lipinski definition) is 15. The lowest BCUT2D eigenvalue weighted by molar-refractivity contribution is -0.161. The molecule has 0 heterocycles. The Balaban J connectivity index is 5.24. The van der Waals surface area contributed by atoms with E-state index >= 15 is 0 Å². The summed E-state index contributed by atoms with van der Waals surface area (Å²) in [6.07, 6.45) is 52.7. The number of carbonyl (C=O) groups excluding carboxylic acids is 4. The summed E-state index contributed by atoms with van der Waals surface area (Å²) in [4.78, 5) is 72.7. The molecule has 0 aromatic rings. The van der Waals surface area contributed by atoms with Gasteiger partial charge in [-0.1, -0.05) is 330 Å². The van der Waals surface area contributed by atoms with Gasteiger partial charge >= 0.3 is 39.5 Å². The van der Waals surface area contributed by atoms with Crippen LogP contribution in [0.4, 0.5) is 0 Å². The fourth-order valence-electron chi connectivity index (χ4n) is 11.3. The number of aliphatic hydroxyl groups is 1. The normalized spacial score (nSPS) is 14.1. The van der Waals surface area contributed by atoms with Gasteiger partial charge in [0.1, 0.15) is 19.3 Å². The number of phosphoric acid groups is 2. The lowest BCUT2D eigenvalue weighted by Crippen LogP contribution is -2.30. The van der Waals surface area contributed by atoms with Gasteiger partial charge in [-0.15, -0.1) is 0 Å². The molecule has 0 fully saturated rings. The van der Waals surface area contributed by atoms with Gasteiger partial charge in [0, 0.05) is 25.7 Å². The van der Waals surface area contributed by atoms with Crippen molar-refractivity contribution in [3.63, 3.8) is 0 Å². The Labute approximate surface area is 568 Å². The average molecular weight is 1370 g/mol. The van der Waals surface area contributed by atoms with E-state index < -0.39 is 97.5 Å². The van der Waals surface area contributed by atoms with E-state index in [0.717, 1.165) is 102 Å². The van der Waals surface area contributed by atoms with Crippen molar-refractivity contribution in [1.82, 2.24) is 0 Å². The third kappa shape index (κ3) is 68.4. The number of phosphoric ester groups is 2. The van der Waals surface area contributed by atoms with Crippen LogP contribution in [-0.4, -0.2) is 96.7 Å².